The van der Waals surface area contributed by atoms with E-state index in [1.807, 2.05) is 29.2 Å². The van der Waals surface area contributed by atoms with Gasteiger partial charge in [-0.25, -0.2) is 9.78 Å². The summed E-state index contributed by atoms with van der Waals surface area (Å²) < 4.78 is 41.7. The molecule has 2 saturated heterocycles. The van der Waals surface area contributed by atoms with Gasteiger partial charge in [-0.2, -0.15) is 18.3 Å². The van der Waals surface area contributed by atoms with Crippen LogP contribution in [0.3, 0.4) is 0 Å². The van der Waals surface area contributed by atoms with Crippen LogP contribution in [0.5, 0.6) is 0 Å². The van der Waals surface area contributed by atoms with E-state index in [4.69, 9.17) is 5.10 Å². The maximum Gasteiger partial charge on any atom is 0.433 e. The number of aliphatic hydroxyl groups is 1. The van der Waals surface area contributed by atoms with Gasteiger partial charge in [0.25, 0.3) is 5.91 Å². The highest BCUT2D eigenvalue weighted by Crippen LogP contribution is 2.38. The molecule has 1 saturated carbocycles. The molecule has 3 aliphatic rings. The smallest absolute Gasteiger partial charge is 0.386 e. The van der Waals surface area contributed by atoms with Crippen molar-refractivity contribution in [3.8, 4) is 0 Å². The zero-order valence-corrected chi connectivity index (χ0v) is 32.4. The van der Waals surface area contributed by atoms with Crippen LogP contribution in [0, 0.1) is 5.92 Å². The monoisotopic (exact) mass is 797 g/mol. The Morgan fingerprint density at radius 3 is 2.50 bits per heavy atom. The number of fused-ring (bicyclic) bond motifs is 2. The molecule has 4 N–H and O–H groups in total. The summed E-state index contributed by atoms with van der Waals surface area (Å²) in [4.78, 5) is 49.5. The zero-order chi connectivity index (χ0) is 40.8. The lowest BCUT2D eigenvalue weighted by molar-refractivity contribution is -0.141. The van der Waals surface area contributed by atoms with Gasteiger partial charge in [0, 0.05) is 77.6 Å². The fraction of sp³-hybridized carbons (Fsp3) is 0.429. The molecule has 58 heavy (non-hydrogen) atoms. The van der Waals surface area contributed by atoms with Crippen LogP contribution in [0.1, 0.15) is 86.6 Å². The summed E-state index contributed by atoms with van der Waals surface area (Å²) in [5, 5.41) is 27.3. The molecule has 0 bridgehead atoms. The van der Waals surface area contributed by atoms with Gasteiger partial charge < -0.3 is 20.6 Å². The van der Waals surface area contributed by atoms with Crippen LogP contribution < -0.4 is 25.8 Å². The van der Waals surface area contributed by atoms with E-state index in [0.29, 0.717) is 35.3 Å². The predicted octanol–water partition coefficient (Wildman–Crippen LogP) is 6.91. The van der Waals surface area contributed by atoms with E-state index >= 15 is 0 Å². The highest BCUT2D eigenvalue weighted by molar-refractivity contribution is 6.11. The van der Waals surface area contributed by atoms with Gasteiger partial charge in [-0.15, -0.1) is 0 Å². The molecular weight excluding hydrogens is 752 g/mol. The number of hydrogen-bond donors (Lipinski definition) is 4. The lowest BCUT2D eigenvalue weighted by Gasteiger charge is -2.32. The van der Waals surface area contributed by atoms with Gasteiger partial charge in [0.05, 0.1) is 29.0 Å². The van der Waals surface area contributed by atoms with Crippen molar-refractivity contribution in [3.63, 3.8) is 0 Å². The Balaban J connectivity index is 0.890. The average Bonchev–Trinajstić information content (AvgIpc) is 3.84. The quantitative estimate of drug-likeness (QED) is 0.118. The van der Waals surface area contributed by atoms with Crippen molar-refractivity contribution in [2.24, 2.45) is 5.92 Å². The minimum atomic E-state index is -4.69. The molecule has 0 radical (unpaired) electrons. The normalized spacial score (nSPS) is 20.6. The summed E-state index contributed by atoms with van der Waals surface area (Å²) in [7, 11) is 0. The molecule has 1 atom stereocenters. The third kappa shape index (κ3) is 8.07. The van der Waals surface area contributed by atoms with Gasteiger partial charge in [-0.1, -0.05) is 18.2 Å². The van der Waals surface area contributed by atoms with Gasteiger partial charge in [0.15, 0.2) is 0 Å². The summed E-state index contributed by atoms with van der Waals surface area (Å²) in [6.07, 6.45) is 7.09. The standard InChI is InChI=1S/C42H46F3N9O4/c1-41(2,58)31-19-33-26(18-34(31)49-39(56)32-8-4-10-37(48-32)42(43,44)45)24-54(51-33)27-13-11-25(12-14-27)20-46-21-28-6-5-16-52(28)35-9-3-7-29-30(35)22-47-23-36(29)53-17-15-38(55)50-40(53)57/h3-4,7-10,18-19,22-25,27-28,46,58H,5-6,11-17,20-21H2,1-2H3,(H,49,56)(H,50,55,57)/t25?,27?,28-/m0/s1. The predicted molar refractivity (Wildman–Crippen MR) is 214 cm³/mol. The number of halogens is 3. The first-order valence-electron chi connectivity index (χ1n) is 19.8. The van der Waals surface area contributed by atoms with E-state index in [1.165, 1.54) is 6.07 Å². The molecular formula is C42H46F3N9O4. The first-order valence-corrected chi connectivity index (χ1v) is 19.8. The number of carbonyl (C=O) groups is 3. The van der Waals surface area contributed by atoms with Gasteiger partial charge in [-0.3, -0.25) is 29.5 Å². The second-order valence-corrected chi connectivity index (χ2v) is 16.1. The second-order valence-electron chi connectivity index (χ2n) is 16.1. The molecule has 5 heterocycles. The molecule has 0 unspecified atom stereocenters. The molecule has 8 rings (SSSR count). The van der Waals surface area contributed by atoms with Crippen molar-refractivity contribution in [2.75, 3.05) is 41.3 Å². The summed E-state index contributed by atoms with van der Waals surface area (Å²) in [5.41, 5.74) is 0.149. The van der Waals surface area contributed by atoms with Gasteiger partial charge in [-0.05, 0) is 95.2 Å². The molecule has 13 nitrogen and oxygen atoms in total. The SMILES string of the molecule is CC(C)(O)c1cc2nn(C3CCC(CNC[C@@H]4CCCN4c4cccc5c(N6CCC(=O)NC6=O)cncc45)CC3)cc2cc1NC(=O)c1cccc(C(F)(F)F)n1. The van der Waals surface area contributed by atoms with Crippen LogP contribution in [-0.4, -0.2) is 74.9 Å². The third-order valence-electron chi connectivity index (χ3n) is 11.6. The highest BCUT2D eigenvalue weighted by atomic mass is 19.4. The fourth-order valence-corrected chi connectivity index (χ4v) is 8.65. The maximum atomic E-state index is 13.3. The van der Waals surface area contributed by atoms with Gasteiger partial charge in [0.1, 0.15) is 11.4 Å². The minimum absolute atomic E-state index is 0.174. The van der Waals surface area contributed by atoms with E-state index < -0.39 is 29.4 Å². The summed E-state index contributed by atoms with van der Waals surface area (Å²) in [5.74, 6) is -0.580. The third-order valence-corrected chi connectivity index (χ3v) is 11.6. The van der Waals surface area contributed by atoms with E-state index in [1.54, 1.807) is 37.1 Å². The number of hydrogen-bond acceptors (Lipinski definition) is 9. The molecule has 3 aromatic heterocycles. The van der Waals surface area contributed by atoms with Crippen molar-refractivity contribution in [3.05, 3.63) is 84.1 Å². The topological polar surface area (TPSA) is 158 Å². The number of urea groups is 1. The molecule has 304 valence electrons. The zero-order valence-electron chi connectivity index (χ0n) is 32.4. The fourth-order valence-electron chi connectivity index (χ4n) is 8.65. The number of imide groups is 1. The Bertz CT molecular complexity index is 2370. The Labute approximate surface area is 333 Å². The number of nitrogens with one attached hydrogen (secondary N) is 3. The summed E-state index contributed by atoms with van der Waals surface area (Å²) >= 11 is 0. The van der Waals surface area contributed by atoms with Crippen LogP contribution in [0.25, 0.3) is 21.7 Å². The second kappa shape index (κ2) is 15.6. The maximum absolute atomic E-state index is 13.3. The molecule has 1 aliphatic carbocycles. The molecule has 2 aliphatic heterocycles. The van der Waals surface area contributed by atoms with Crippen molar-refractivity contribution in [1.82, 2.24) is 30.4 Å². The Morgan fingerprint density at radius 1 is 0.948 bits per heavy atom. The van der Waals surface area contributed by atoms with Crippen molar-refractivity contribution in [1.29, 1.82) is 0 Å². The summed E-state index contributed by atoms with van der Waals surface area (Å²) in [6.45, 7) is 6.13. The van der Waals surface area contributed by atoms with Crippen molar-refractivity contribution in [2.45, 2.75) is 82.7 Å². The number of carbonyl (C=O) groups excluding carboxylic acids is 3. The van der Waals surface area contributed by atoms with E-state index in [0.717, 1.165) is 92.1 Å². The molecule has 4 amide bonds. The highest BCUT2D eigenvalue weighted by Gasteiger charge is 2.34. The van der Waals surface area contributed by atoms with E-state index in [2.05, 4.69) is 36.9 Å². The Kier molecular flexibility index (Phi) is 10.6. The number of pyridine rings is 2. The number of aromatic nitrogens is 4. The Morgan fingerprint density at radius 2 is 1.74 bits per heavy atom. The molecule has 3 fully saturated rings. The van der Waals surface area contributed by atoms with Crippen molar-refractivity contribution < 1.29 is 32.7 Å². The van der Waals surface area contributed by atoms with Crippen LogP contribution >= 0.6 is 0 Å². The van der Waals surface area contributed by atoms with Crippen LogP contribution in [0.15, 0.2) is 67.1 Å². The lowest BCUT2D eigenvalue weighted by Crippen LogP contribution is -2.49. The first kappa shape index (κ1) is 39.2. The van der Waals surface area contributed by atoms with E-state index in [-0.39, 0.29) is 29.8 Å². The van der Waals surface area contributed by atoms with Crippen LogP contribution in [0.4, 0.5) is 35.0 Å². The Hall–Kier alpha value is -5.61. The van der Waals surface area contributed by atoms with E-state index in [9.17, 15) is 32.7 Å². The minimum Gasteiger partial charge on any atom is -0.386 e. The number of alkyl halides is 3. The van der Waals surface area contributed by atoms with Crippen LogP contribution in [0.2, 0.25) is 0 Å². The van der Waals surface area contributed by atoms with Gasteiger partial charge >= 0.3 is 12.2 Å². The molecule has 0 spiro atoms. The van der Waals surface area contributed by atoms with Crippen molar-refractivity contribution >= 4 is 56.6 Å². The largest absolute Gasteiger partial charge is 0.433 e. The first-order chi connectivity index (χ1) is 27.7. The average molecular weight is 798 g/mol. The lowest BCUT2D eigenvalue weighted by atomic mass is 9.86. The molecule has 5 aromatic rings. The van der Waals surface area contributed by atoms with Gasteiger partial charge in [0.2, 0.25) is 5.91 Å². The number of nitrogens with zero attached hydrogens (tertiary/aromatic N) is 6. The number of anilines is 3. The molecule has 2 aromatic carbocycles. The molecule has 16 heteroatoms. The van der Waals surface area contributed by atoms with Crippen LogP contribution in [-0.2, 0) is 16.6 Å². The summed E-state index contributed by atoms with van der Waals surface area (Å²) in [6, 6.07) is 12.8. The number of rotatable bonds is 10. The number of benzene rings is 2. The number of amides is 4.